The molecule has 2 aromatic rings. The Morgan fingerprint density at radius 2 is 1.84 bits per heavy atom. The summed E-state index contributed by atoms with van der Waals surface area (Å²) in [4.78, 5) is 14.1. The minimum Gasteiger partial charge on any atom is -0.258 e. The maximum Gasteiger partial charge on any atom is 0.282 e. The van der Waals surface area contributed by atoms with E-state index in [4.69, 9.17) is 11.6 Å². The van der Waals surface area contributed by atoms with Gasteiger partial charge in [-0.05, 0) is 18.2 Å². The van der Waals surface area contributed by atoms with Gasteiger partial charge in [-0.15, -0.1) is 0 Å². The summed E-state index contributed by atoms with van der Waals surface area (Å²) in [5.74, 6) is -0.779. The molecule has 0 amide bonds. The molecule has 0 bridgehead atoms. The van der Waals surface area contributed by atoms with Gasteiger partial charge in [-0.1, -0.05) is 35.9 Å². The zero-order valence-corrected chi connectivity index (χ0v) is 10.3. The molecule has 2 rings (SSSR count). The second-order valence-corrected chi connectivity index (χ2v) is 3.99. The number of nitro groups is 1. The average molecular weight is 279 g/mol. The van der Waals surface area contributed by atoms with E-state index in [0.29, 0.717) is 5.69 Å². The van der Waals surface area contributed by atoms with Crippen molar-refractivity contribution in [3.63, 3.8) is 0 Å². The van der Waals surface area contributed by atoms with Gasteiger partial charge < -0.3 is 0 Å². The molecule has 0 unspecified atom stereocenters. The molecule has 0 spiro atoms. The molecule has 19 heavy (non-hydrogen) atoms. The van der Waals surface area contributed by atoms with Crippen LogP contribution >= 0.6 is 11.6 Å². The third-order valence-electron chi connectivity index (χ3n) is 2.38. The lowest BCUT2D eigenvalue weighted by atomic mass is 10.2. The smallest absolute Gasteiger partial charge is 0.258 e. The summed E-state index contributed by atoms with van der Waals surface area (Å²) in [5, 5.41) is 10.6. The predicted octanol–water partition coefficient (Wildman–Crippen LogP) is 4.05. The van der Waals surface area contributed by atoms with Crippen LogP contribution in [0.4, 0.5) is 15.8 Å². The predicted molar refractivity (Wildman–Crippen MR) is 71.5 cm³/mol. The van der Waals surface area contributed by atoms with Gasteiger partial charge in [0.05, 0.1) is 10.6 Å². The summed E-state index contributed by atoms with van der Waals surface area (Å²) in [6.07, 6.45) is 0. The molecule has 0 saturated carbocycles. The quantitative estimate of drug-likeness (QED) is 0.483. The lowest BCUT2D eigenvalue weighted by Gasteiger charge is -2.02. The Hall–Kier alpha value is -2.27. The molecule has 0 aliphatic rings. The van der Waals surface area contributed by atoms with E-state index < -0.39 is 16.4 Å². The lowest BCUT2D eigenvalue weighted by molar-refractivity contribution is -0.385. The number of hydrogen-bond acceptors (Lipinski definition) is 3. The van der Waals surface area contributed by atoms with Gasteiger partial charge in [0.2, 0.25) is 0 Å². The molecule has 0 saturated heterocycles. The van der Waals surface area contributed by atoms with Gasteiger partial charge >= 0.3 is 0 Å². The Kier molecular flexibility index (Phi) is 3.87. The number of rotatable bonds is 3. The average Bonchev–Trinajstić information content (AvgIpc) is 2.39. The van der Waals surface area contributed by atoms with Crippen LogP contribution in [0.1, 0.15) is 5.56 Å². The van der Waals surface area contributed by atoms with Crippen LogP contribution in [0.2, 0.25) is 0 Å². The summed E-state index contributed by atoms with van der Waals surface area (Å²) in [6, 6.07) is 12.1. The van der Waals surface area contributed by atoms with E-state index in [-0.39, 0.29) is 10.7 Å². The first-order chi connectivity index (χ1) is 9.09. The van der Waals surface area contributed by atoms with E-state index in [1.165, 1.54) is 12.1 Å². The second-order valence-electron chi connectivity index (χ2n) is 3.63. The number of aliphatic imine (C=N–C) groups is 1. The molecule has 6 heteroatoms. The molecule has 0 heterocycles. The van der Waals surface area contributed by atoms with Crippen LogP contribution in [0.25, 0.3) is 0 Å². The molecular weight excluding hydrogens is 271 g/mol. The first-order valence-electron chi connectivity index (χ1n) is 5.32. The lowest BCUT2D eigenvalue weighted by Crippen LogP contribution is -2.02. The van der Waals surface area contributed by atoms with E-state index in [2.05, 4.69) is 4.99 Å². The summed E-state index contributed by atoms with van der Waals surface area (Å²) in [6.45, 7) is 0. The van der Waals surface area contributed by atoms with Gasteiger partial charge in [0, 0.05) is 6.07 Å². The normalized spacial score (nSPS) is 11.4. The zero-order valence-electron chi connectivity index (χ0n) is 9.59. The minimum absolute atomic E-state index is 0.254. The van der Waals surface area contributed by atoms with E-state index in [9.17, 15) is 14.5 Å². The fourth-order valence-corrected chi connectivity index (χ4v) is 1.83. The van der Waals surface area contributed by atoms with Crippen molar-refractivity contribution < 1.29 is 9.31 Å². The minimum atomic E-state index is -0.779. The molecule has 0 aromatic heterocycles. The Morgan fingerprint density at radius 3 is 2.47 bits per heavy atom. The molecule has 2 aromatic carbocycles. The Morgan fingerprint density at radius 1 is 1.16 bits per heavy atom. The first kappa shape index (κ1) is 13.2. The second kappa shape index (κ2) is 5.58. The van der Waals surface area contributed by atoms with Gasteiger partial charge in [0.15, 0.2) is 0 Å². The van der Waals surface area contributed by atoms with Crippen molar-refractivity contribution in [2.24, 2.45) is 4.99 Å². The van der Waals surface area contributed by atoms with Crippen LogP contribution in [-0.2, 0) is 0 Å². The number of nitro benzene ring substituents is 1. The van der Waals surface area contributed by atoms with Crippen molar-refractivity contribution in [2.45, 2.75) is 0 Å². The summed E-state index contributed by atoms with van der Waals surface area (Å²) >= 11 is 5.90. The fraction of sp³-hybridized carbons (Fsp3) is 0. The molecule has 0 aliphatic carbocycles. The highest BCUT2D eigenvalue weighted by molar-refractivity contribution is 6.70. The van der Waals surface area contributed by atoms with E-state index in [1.54, 1.807) is 30.3 Å². The molecule has 4 nitrogen and oxygen atoms in total. The maximum atomic E-state index is 13.7. The zero-order chi connectivity index (χ0) is 13.8. The highest BCUT2D eigenvalue weighted by Crippen LogP contribution is 2.25. The number of benzene rings is 2. The van der Waals surface area contributed by atoms with Gasteiger partial charge in [-0.25, -0.2) is 9.38 Å². The van der Waals surface area contributed by atoms with Crippen LogP contribution in [0, 0.1) is 15.9 Å². The largest absolute Gasteiger partial charge is 0.282 e. The van der Waals surface area contributed by atoms with Gasteiger partial charge in [0.1, 0.15) is 16.6 Å². The summed E-state index contributed by atoms with van der Waals surface area (Å²) < 4.78 is 13.7. The highest BCUT2D eigenvalue weighted by Gasteiger charge is 2.21. The first-order valence-corrected chi connectivity index (χ1v) is 5.70. The molecule has 0 radical (unpaired) electrons. The van der Waals surface area contributed by atoms with Crippen molar-refractivity contribution in [3.8, 4) is 0 Å². The SMILES string of the molecule is O=[N+]([O-])c1cccc(F)c1C(Cl)=Nc1ccccc1. The third-order valence-corrected chi connectivity index (χ3v) is 2.65. The van der Waals surface area contributed by atoms with Crippen molar-refractivity contribution in [2.75, 3.05) is 0 Å². The van der Waals surface area contributed by atoms with E-state index in [1.807, 2.05) is 0 Å². The van der Waals surface area contributed by atoms with Crippen LogP contribution in [-0.4, -0.2) is 10.1 Å². The van der Waals surface area contributed by atoms with E-state index >= 15 is 0 Å². The van der Waals surface area contributed by atoms with E-state index in [0.717, 1.165) is 6.07 Å². The molecular formula is C13H8ClFN2O2. The van der Waals surface area contributed by atoms with Gasteiger partial charge in [0.25, 0.3) is 5.69 Å². The van der Waals surface area contributed by atoms with Crippen molar-refractivity contribution in [1.82, 2.24) is 0 Å². The molecule has 0 atom stereocenters. The fourth-order valence-electron chi connectivity index (χ4n) is 1.54. The summed E-state index contributed by atoms with van der Waals surface area (Å²) in [7, 11) is 0. The van der Waals surface area contributed by atoms with Crippen molar-refractivity contribution >= 4 is 28.1 Å². The standard InChI is InChI=1S/C13H8ClFN2O2/c14-13(16-9-5-2-1-3-6-9)12-10(15)7-4-8-11(12)17(18)19/h1-8H. The molecule has 0 N–H and O–H groups in total. The third kappa shape index (κ3) is 2.95. The Balaban J connectivity index is 2.53. The molecule has 96 valence electrons. The topological polar surface area (TPSA) is 55.5 Å². The van der Waals surface area contributed by atoms with Gasteiger partial charge in [-0.2, -0.15) is 0 Å². The van der Waals surface area contributed by atoms with Crippen molar-refractivity contribution in [1.29, 1.82) is 0 Å². The Labute approximate surface area is 113 Å². The van der Waals surface area contributed by atoms with Crippen LogP contribution in [0.5, 0.6) is 0 Å². The Bertz CT molecular complexity index is 644. The molecule has 0 aliphatic heterocycles. The summed E-state index contributed by atoms with van der Waals surface area (Å²) in [5.41, 5.74) is -0.229. The molecule has 0 fully saturated rings. The highest BCUT2D eigenvalue weighted by atomic mass is 35.5. The van der Waals surface area contributed by atoms with Crippen molar-refractivity contribution in [3.05, 3.63) is 70.0 Å². The van der Waals surface area contributed by atoms with Crippen LogP contribution in [0.15, 0.2) is 53.5 Å². The van der Waals surface area contributed by atoms with Crippen LogP contribution in [0.3, 0.4) is 0 Å². The number of nitrogens with zero attached hydrogens (tertiary/aromatic N) is 2. The van der Waals surface area contributed by atoms with Gasteiger partial charge in [-0.3, -0.25) is 10.1 Å². The van der Waals surface area contributed by atoms with Crippen LogP contribution < -0.4 is 0 Å². The number of hydrogen-bond donors (Lipinski definition) is 0. The maximum absolute atomic E-state index is 13.7. The number of para-hydroxylation sites is 1. The monoisotopic (exact) mass is 278 g/mol. The number of halogens is 2.